The van der Waals surface area contributed by atoms with Crippen LogP contribution in [0.25, 0.3) is 0 Å². The Bertz CT molecular complexity index is 896. The molecule has 3 aromatic rings. The van der Waals surface area contributed by atoms with Gasteiger partial charge in [-0.1, -0.05) is 30.3 Å². The minimum Gasteiger partial charge on any atom is -0.497 e. The van der Waals surface area contributed by atoms with E-state index in [4.69, 9.17) is 4.74 Å². The van der Waals surface area contributed by atoms with E-state index in [0.717, 1.165) is 17.9 Å². The van der Waals surface area contributed by atoms with Crippen molar-refractivity contribution in [3.63, 3.8) is 0 Å². The number of ether oxygens (including phenoxy) is 1. The Morgan fingerprint density at radius 1 is 1.04 bits per heavy atom. The molecule has 6 heteroatoms. The third-order valence-corrected chi connectivity index (χ3v) is 3.98. The van der Waals surface area contributed by atoms with E-state index in [9.17, 15) is 4.79 Å². The summed E-state index contributed by atoms with van der Waals surface area (Å²) in [5.41, 5.74) is 2.37. The Labute approximate surface area is 158 Å². The molecular formula is C21H22N4O2. The Morgan fingerprint density at radius 3 is 2.48 bits per heavy atom. The van der Waals surface area contributed by atoms with Gasteiger partial charge in [-0.3, -0.25) is 4.79 Å². The number of anilines is 2. The van der Waals surface area contributed by atoms with Crippen molar-refractivity contribution in [2.45, 2.75) is 13.3 Å². The minimum atomic E-state index is -0.214. The van der Waals surface area contributed by atoms with Crippen molar-refractivity contribution in [1.82, 2.24) is 15.3 Å². The number of nitrogens with one attached hydrogen (secondary N) is 2. The number of carbonyl (C=O) groups excluding carboxylic acids is 1. The van der Waals surface area contributed by atoms with Gasteiger partial charge in [0.1, 0.15) is 23.1 Å². The molecule has 1 amide bonds. The molecule has 1 heterocycles. The van der Waals surface area contributed by atoms with Crippen LogP contribution in [0.5, 0.6) is 5.75 Å². The van der Waals surface area contributed by atoms with Crippen LogP contribution in [-0.4, -0.2) is 29.5 Å². The van der Waals surface area contributed by atoms with Crippen molar-refractivity contribution in [1.29, 1.82) is 0 Å². The van der Waals surface area contributed by atoms with Gasteiger partial charge in [-0.25, -0.2) is 9.97 Å². The average Bonchev–Trinajstić information content (AvgIpc) is 2.69. The van der Waals surface area contributed by atoms with Gasteiger partial charge in [-0.15, -0.1) is 0 Å². The highest BCUT2D eigenvalue weighted by molar-refractivity contribution is 5.93. The van der Waals surface area contributed by atoms with Gasteiger partial charge in [0.05, 0.1) is 7.11 Å². The monoisotopic (exact) mass is 362 g/mol. The normalized spacial score (nSPS) is 10.3. The number of carbonyl (C=O) groups is 1. The number of methoxy groups -OCH3 is 1. The second-order valence-corrected chi connectivity index (χ2v) is 6.03. The van der Waals surface area contributed by atoms with Crippen LogP contribution in [0.15, 0.2) is 60.7 Å². The van der Waals surface area contributed by atoms with E-state index in [0.29, 0.717) is 23.9 Å². The lowest BCUT2D eigenvalue weighted by atomic mass is 10.1. The maximum atomic E-state index is 12.4. The third kappa shape index (κ3) is 5.28. The molecule has 0 saturated carbocycles. The molecule has 0 spiro atoms. The van der Waals surface area contributed by atoms with E-state index in [1.54, 1.807) is 20.1 Å². The van der Waals surface area contributed by atoms with E-state index in [1.165, 1.54) is 5.56 Å². The van der Waals surface area contributed by atoms with Gasteiger partial charge < -0.3 is 15.4 Å². The fraction of sp³-hybridized carbons (Fsp3) is 0.190. The summed E-state index contributed by atoms with van der Waals surface area (Å²) in [6, 6.07) is 19.2. The highest BCUT2D eigenvalue weighted by atomic mass is 16.5. The lowest BCUT2D eigenvalue weighted by Gasteiger charge is -2.10. The summed E-state index contributed by atoms with van der Waals surface area (Å²) in [5, 5.41) is 6.09. The average molecular weight is 362 g/mol. The zero-order valence-corrected chi connectivity index (χ0v) is 15.4. The van der Waals surface area contributed by atoms with E-state index in [1.807, 2.05) is 54.6 Å². The predicted molar refractivity (Wildman–Crippen MR) is 106 cm³/mol. The molecule has 6 nitrogen and oxygen atoms in total. The standard InChI is InChI=1S/C21H22N4O2/c1-15-23-19(21(26)22-13-12-16-6-4-3-5-7-16)14-20(24-15)25-17-8-10-18(27-2)11-9-17/h3-11,14H,12-13H2,1-2H3,(H,22,26)(H,23,24,25). The molecule has 0 aliphatic carbocycles. The number of rotatable bonds is 7. The van der Waals surface area contributed by atoms with Gasteiger partial charge in [0.2, 0.25) is 0 Å². The highest BCUT2D eigenvalue weighted by Gasteiger charge is 2.10. The molecular weight excluding hydrogens is 340 g/mol. The molecule has 0 saturated heterocycles. The first kappa shape index (κ1) is 18.4. The molecule has 0 unspecified atom stereocenters. The molecule has 2 aromatic carbocycles. The van der Waals surface area contributed by atoms with Gasteiger partial charge in [0.25, 0.3) is 5.91 Å². The maximum Gasteiger partial charge on any atom is 0.270 e. The summed E-state index contributed by atoms with van der Waals surface area (Å²) < 4.78 is 5.15. The van der Waals surface area contributed by atoms with Crippen molar-refractivity contribution >= 4 is 17.4 Å². The number of hydrogen-bond acceptors (Lipinski definition) is 5. The summed E-state index contributed by atoms with van der Waals surface area (Å²) in [4.78, 5) is 21.0. The Hall–Kier alpha value is -3.41. The molecule has 0 aliphatic rings. The summed E-state index contributed by atoms with van der Waals surface area (Å²) in [7, 11) is 1.62. The van der Waals surface area contributed by atoms with Crippen LogP contribution in [0.3, 0.4) is 0 Å². The first-order valence-corrected chi connectivity index (χ1v) is 8.73. The molecule has 1 aromatic heterocycles. The topological polar surface area (TPSA) is 76.1 Å². The van der Waals surface area contributed by atoms with Crippen LogP contribution in [0.1, 0.15) is 21.9 Å². The molecule has 0 fully saturated rings. The zero-order chi connectivity index (χ0) is 19.1. The summed E-state index contributed by atoms with van der Waals surface area (Å²) in [5.74, 6) is 1.66. The smallest absolute Gasteiger partial charge is 0.270 e. The van der Waals surface area contributed by atoms with Crippen LogP contribution in [0.4, 0.5) is 11.5 Å². The Morgan fingerprint density at radius 2 is 1.78 bits per heavy atom. The fourth-order valence-electron chi connectivity index (χ4n) is 2.63. The fourth-order valence-corrected chi connectivity index (χ4v) is 2.63. The quantitative estimate of drug-likeness (QED) is 0.673. The predicted octanol–water partition coefficient (Wildman–Crippen LogP) is 3.51. The largest absolute Gasteiger partial charge is 0.497 e. The molecule has 138 valence electrons. The van der Waals surface area contributed by atoms with Gasteiger partial charge in [-0.2, -0.15) is 0 Å². The summed E-state index contributed by atoms with van der Waals surface area (Å²) >= 11 is 0. The summed E-state index contributed by atoms with van der Waals surface area (Å²) in [6.45, 7) is 2.31. The van der Waals surface area contributed by atoms with Crippen LogP contribution in [0.2, 0.25) is 0 Å². The number of benzene rings is 2. The van der Waals surface area contributed by atoms with Crippen molar-refractivity contribution in [3.05, 3.63) is 77.7 Å². The number of aromatic nitrogens is 2. The van der Waals surface area contributed by atoms with Gasteiger partial charge in [-0.05, 0) is 43.2 Å². The van der Waals surface area contributed by atoms with Crippen LogP contribution in [-0.2, 0) is 6.42 Å². The SMILES string of the molecule is COc1ccc(Nc2cc(C(=O)NCCc3ccccc3)nc(C)n2)cc1. The lowest BCUT2D eigenvalue weighted by molar-refractivity contribution is 0.0949. The van der Waals surface area contributed by atoms with Crippen LogP contribution >= 0.6 is 0 Å². The Balaban J connectivity index is 1.63. The number of hydrogen-bond donors (Lipinski definition) is 2. The van der Waals surface area contributed by atoms with Crippen molar-refractivity contribution in [2.24, 2.45) is 0 Å². The number of aryl methyl sites for hydroxylation is 1. The maximum absolute atomic E-state index is 12.4. The molecule has 0 radical (unpaired) electrons. The second kappa shape index (κ2) is 8.80. The zero-order valence-electron chi connectivity index (χ0n) is 15.4. The highest BCUT2D eigenvalue weighted by Crippen LogP contribution is 2.19. The number of nitrogens with zero attached hydrogens (tertiary/aromatic N) is 2. The lowest BCUT2D eigenvalue weighted by Crippen LogP contribution is -2.27. The molecule has 2 N–H and O–H groups in total. The van der Waals surface area contributed by atoms with E-state index in [2.05, 4.69) is 20.6 Å². The first-order valence-electron chi connectivity index (χ1n) is 8.73. The van der Waals surface area contributed by atoms with Gasteiger partial charge in [0.15, 0.2) is 0 Å². The molecule has 27 heavy (non-hydrogen) atoms. The van der Waals surface area contributed by atoms with E-state index in [-0.39, 0.29) is 5.91 Å². The Kier molecular flexibility index (Phi) is 5.99. The first-order chi connectivity index (χ1) is 13.1. The molecule has 3 rings (SSSR count). The molecule has 0 aliphatic heterocycles. The van der Waals surface area contributed by atoms with E-state index >= 15 is 0 Å². The van der Waals surface area contributed by atoms with Crippen molar-refractivity contribution in [3.8, 4) is 5.75 Å². The van der Waals surface area contributed by atoms with Crippen molar-refractivity contribution < 1.29 is 9.53 Å². The summed E-state index contributed by atoms with van der Waals surface area (Å²) in [6.07, 6.45) is 0.771. The van der Waals surface area contributed by atoms with Gasteiger partial charge >= 0.3 is 0 Å². The number of amides is 1. The molecule has 0 bridgehead atoms. The van der Waals surface area contributed by atoms with Crippen LogP contribution < -0.4 is 15.4 Å². The third-order valence-electron chi connectivity index (χ3n) is 3.98. The second-order valence-electron chi connectivity index (χ2n) is 6.03. The minimum absolute atomic E-state index is 0.214. The van der Waals surface area contributed by atoms with E-state index < -0.39 is 0 Å². The van der Waals surface area contributed by atoms with Crippen molar-refractivity contribution in [2.75, 3.05) is 19.0 Å². The molecule has 0 atom stereocenters. The van der Waals surface area contributed by atoms with Gasteiger partial charge in [0, 0.05) is 18.3 Å². The van der Waals surface area contributed by atoms with Crippen LogP contribution in [0, 0.1) is 6.92 Å².